The average Bonchev–Trinajstić information content (AvgIpc) is 2.89. The van der Waals surface area contributed by atoms with E-state index in [-0.39, 0.29) is 11.4 Å². The van der Waals surface area contributed by atoms with Gasteiger partial charge in [0.05, 0.1) is 4.88 Å². The van der Waals surface area contributed by atoms with Gasteiger partial charge in [0.1, 0.15) is 17.5 Å². The van der Waals surface area contributed by atoms with Crippen molar-refractivity contribution in [1.82, 2.24) is 0 Å². The third-order valence-corrected chi connectivity index (χ3v) is 3.14. The normalized spacial score (nSPS) is 11.0. The number of rotatable bonds is 3. The number of hydrogen-bond donors (Lipinski definition) is 0. The summed E-state index contributed by atoms with van der Waals surface area (Å²) in [7, 11) is 0. The molecule has 2 aromatic rings. The van der Waals surface area contributed by atoms with Crippen LogP contribution in [0.2, 0.25) is 0 Å². The number of hydrogen-bond acceptors (Lipinski definition) is 3. The molecule has 0 aliphatic rings. The van der Waals surface area contributed by atoms with Crippen molar-refractivity contribution in [3.8, 4) is 6.07 Å². The smallest absolute Gasteiger partial charge is 0.213 e. The van der Waals surface area contributed by atoms with Crippen LogP contribution in [0.1, 0.15) is 15.2 Å². The Kier molecular flexibility index (Phi) is 3.66. The van der Waals surface area contributed by atoms with E-state index in [1.807, 2.05) is 6.07 Å². The first-order valence-electron chi connectivity index (χ1n) is 5.16. The SMILES string of the molecule is N#C/C(=C\c1cccc(F)c1)C(=O)c1cccs1. The molecule has 1 aromatic heterocycles. The molecule has 88 valence electrons. The van der Waals surface area contributed by atoms with Gasteiger partial charge in [-0.15, -0.1) is 11.3 Å². The van der Waals surface area contributed by atoms with Crippen LogP contribution in [-0.2, 0) is 0 Å². The minimum Gasteiger partial charge on any atom is -0.287 e. The maximum Gasteiger partial charge on any atom is 0.213 e. The average molecular weight is 257 g/mol. The van der Waals surface area contributed by atoms with Gasteiger partial charge >= 0.3 is 0 Å². The number of allylic oxidation sites excluding steroid dienone is 1. The van der Waals surface area contributed by atoms with Crippen LogP contribution >= 0.6 is 11.3 Å². The van der Waals surface area contributed by atoms with Crippen LogP contribution < -0.4 is 0 Å². The van der Waals surface area contributed by atoms with Crippen LogP contribution in [-0.4, -0.2) is 5.78 Å². The van der Waals surface area contributed by atoms with E-state index in [0.29, 0.717) is 10.4 Å². The van der Waals surface area contributed by atoms with Gasteiger partial charge in [-0.3, -0.25) is 4.79 Å². The van der Waals surface area contributed by atoms with Crippen LogP contribution in [0, 0.1) is 17.1 Å². The summed E-state index contributed by atoms with van der Waals surface area (Å²) in [5.41, 5.74) is 0.500. The molecule has 0 aliphatic carbocycles. The molecule has 0 amide bonds. The highest BCUT2D eigenvalue weighted by molar-refractivity contribution is 7.12. The van der Waals surface area contributed by atoms with Crippen molar-refractivity contribution in [1.29, 1.82) is 5.26 Å². The molecule has 0 N–H and O–H groups in total. The maximum atomic E-state index is 13.0. The molecule has 0 bridgehead atoms. The van der Waals surface area contributed by atoms with Crippen molar-refractivity contribution in [3.05, 3.63) is 63.6 Å². The van der Waals surface area contributed by atoms with Gasteiger partial charge in [0.15, 0.2) is 0 Å². The zero-order chi connectivity index (χ0) is 13.0. The lowest BCUT2D eigenvalue weighted by Crippen LogP contribution is -1.98. The Bertz CT molecular complexity index is 638. The van der Waals surface area contributed by atoms with Gasteiger partial charge in [0.25, 0.3) is 0 Å². The summed E-state index contributed by atoms with van der Waals surface area (Å²) >= 11 is 1.27. The summed E-state index contributed by atoms with van der Waals surface area (Å²) in [5, 5.41) is 10.8. The van der Waals surface area contributed by atoms with E-state index in [9.17, 15) is 9.18 Å². The second kappa shape index (κ2) is 5.39. The number of benzene rings is 1. The summed E-state index contributed by atoms with van der Waals surface area (Å²) in [6.07, 6.45) is 1.39. The van der Waals surface area contributed by atoms with Crippen molar-refractivity contribution in [3.63, 3.8) is 0 Å². The number of halogens is 1. The largest absolute Gasteiger partial charge is 0.287 e. The lowest BCUT2D eigenvalue weighted by molar-refractivity contribution is 0.104. The van der Waals surface area contributed by atoms with Crippen LogP contribution in [0.4, 0.5) is 4.39 Å². The monoisotopic (exact) mass is 257 g/mol. The second-order valence-electron chi connectivity index (χ2n) is 3.53. The molecule has 1 heterocycles. The number of thiophene rings is 1. The quantitative estimate of drug-likeness (QED) is 0.478. The lowest BCUT2D eigenvalue weighted by atomic mass is 10.1. The van der Waals surface area contributed by atoms with E-state index in [4.69, 9.17) is 5.26 Å². The van der Waals surface area contributed by atoms with Gasteiger partial charge in [-0.25, -0.2) is 4.39 Å². The lowest BCUT2D eigenvalue weighted by Gasteiger charge is -1.97. The van der Waals surface area contributed by atoms with Crippen molar-refractivity contribution >= 4 is 23.2 Å². The van der Waals surface area contributed by atoms with Gasteiger partial charge in [0, 0.05) is 0 Å². The first-order valence-corrected chi connectivity index (χ1v) is 6.04. The molecular formula is C14H8FNOS. The van der Waals surface area contributed by atoms with Gasteiger partial charge in [-0.1, -0.05) is 18.2 Å². The van der Waals surface area contributed by atoms with Gasteiger partial charge < -0.3 is 0 Å². The molecule has 4 heteroatoms. The summed E-state index contributed by atoms with van der Waals surface area (Å²) in [5.74, 6) is -0.735. The number of Topliss-reactive ketones (excluding diaryl/α,β-unsaturated/α-hetero) is 1. The molecule has 2 nitrogen and oxygen atoms in total. The fourth-order valence-electron chi connectivity index (χ4n) is 1.45. The minimum atomic E-state index is -0.399. The van der Waals surface area contributed by atoms with Gasteiger partial charge in [0.2, 0.25) is 5.78 Å². The molecule has 0 aliphatic heterocycles. The third kappa shape index (κ3) is 2.70. The van der Waals surface area contributed by atoms with E-state index >= 15 is 0 Å². The number of nitriles is 1. The van der Waals surface area contributed by atoms with E-state index in [2.05, 4.69) is 0 Å². The number of carbonyl (C=O) groups excluding carboxylic acids is 1. The van der Waals surface area contributed by atoms with Crippen molar-refractivity contribution in [2.45, 2.75) is 0 Å². The Morgan fingerprint density at radius 1 is 1.33 bits per heavy atom. The molecule has 0 saturated heterocycles. The standard InChI is InChI=1S/C14H8FNOS/c15-12-4-1-3-10(8-12)7-11(9-16)14(17)13-5-2-6-18-13/h1-8H/b11-7+. The zero-order valence-corrected chi connectivity index (χ0v) is 10.1. The molecule has 0 radical (unpaired) electrons. The molecule has 0 fully saturated rings. The first kappa shape index (κ1) is 12.2. The Balaban J connectivity index is 2.35. The van der Waals surface area contributed by atoms with Crippen LogP contribution in [0.25, 0.3) is 6.08 Å². The number of nitrogens with zero attached hydrogens (tertiary/aromatic N) is 1. The van der Waals surface area contributed by atoms with E-state index in [1.54, 1.807) is 23.6 Å². The van der Waals surface area contributed by atoms with Crippen LogP contribution in [0.3, 0.4) is 0 Å². The molecule has 1 aromatic carbocycles. The van der Waals surface area contributed by atoms with Crippen LogP contribution in [0.5, 0.6) is 0 Å². The van der Waals surface area contributed by atoms with E-state index < -0.39 is 5.82 Å². The fraction of sp³-hybridized carbons (Fsp3) is 0. The summed E-state index contributed by atoms with van der Waals surface area (Å²) in [6.45, 7) is 0. The molecule has 18 heavy (non-hydrogen) atoms. The number of carbonyl (C=O) groups is 1. The Morgan fingerprint density at radius 3 is 2.78 bits per heavy atom. The van der Waals surface area contributed by atoms with Crippen molar-refractivity contribution in [2.75, 3.05) is 0 Å². The van der Waals surface area contributed by atoms with Crippen molar-refractivity contribution in [2.24, 2.45) is 0 Å². The second-order valence-corrected chi connectivity index (χ2v) is 4.48. The summed E-state index contributed by atoms with van der Waals surface area (Å²) in [4.78, 5) is 12.5. The molecule has 0 saturated carbocycles. The highest BCUT2D eigenvalue weighted by Crippen LogP contribution is 2.16. The molecule has 0 unspecified atom stereocenters. The predicted molar refractivity (Wildman–Crippen MR) is 68.6 cm³/mol. The first-order chi connectivity index (χ1) is 8.70. The summed E-state index contributed by atoms with van der Waals surface area (Å²) < 4.78 is 13.0. The number of ketones is 1. The summed E-state index contributed by atoms with van der Waals surface area (Å²) in [6, 6.07) is 11.0. The van der Waals surface area contributed by atoms with Gasteiger partial charge in [-0.2, -0.15) is 5.26 Å². The fourth-order valence-corrected chi connectivity index (χ4v) is 2.13. The Morgan fingerprint density at radius 2 is 2.17 bits per heavy atom. The highest BCUT2D eigenvalue weighted by atomic mass is 32.1. The molecule has 0 spiro atoms. The van der Waals surface area contributed by atoms with E-state index in [1.165, 1.54) is 35.6 Å². The topological polar surface area (TPSA) is 40.9 Å². The zero-order valence-electron chi connectivity index (χ0n) is 9.26. The van der Waals surface area contributed by atoms with E-state index in [0.717, 1.165) is 0 Å². The molecular weight excluding hydrogens is 249 g/mol. The Hall–Kier alpha value is -2.25. The third-order valence-electron chi connectivity index (χ3n) is 2.27. The molecule has 2 rings (SSSR count). The predicted octanol–water partition coefficient (Wildman–Crippen LogP) is 3.68. The maximum absolute atomic E-state index is 13.0. The highest BCUT2D eigenvalue weighted by Gasteiger charge is 2.12. The minimum absolute atomic E-state index is 0.00282. The molecule has 0 atom stereocenters. The Labute approximate surface area is 108 Å². The van der Waals surface area contributed by atoms with Crippen molar-refractivity contribution < 1.29 is 9.18 Å². The van der Waals surface area contributed by atoms with Crippen LogP contribution in [0.15, 0.2) is 47.4 Å². The van der Waals surface area contributed by atoms with Gasteiger partial charge in [-0.05, 0) is 35.2 Å².